The van der Waals surface area contributed by atoms with E-state index in [0.29, 0.717) is 19.7 Å². The van der Waals surface area contributed by atoms with Crippen molar-refractivity contribution < 1.29 is 14.3 Å². The summed E-state index contributed by atoms with van der Waals surface area (Å²) in [7, 11) is 3.68. The summed E-state index contributed by atoms with van der Waals surface area (Å²) in [6, 6.07) is 0. The maximum absolute atomic E-state index is 11.8. The van der Waals surface area contributed by atoms with E-state index < -0.39 is 0 Å². The molecule has 1 aliphatic rings. The Balaban J connectivity index is 2.10. The highest BCUT2D eigenvalue weighted by Gasteiger charge is 2.29. The molecule has 1 amide bonds. The lowest BCUT2D eigenvalue weighted by molar-refractivity contribution is -0.131. The molecule has 0 aromatic heterocycles. The van der Waals surface area contributed by atoms with Crippen molar-refractivity contribution in [3.8, 4) is 0 Å². The van der Waals surface area contributed by atoms with Crippen LogP contribution in [0.25, 0.3) is 0 Å². The molecule has 0 aliphatic carbocycles. The van der Waals surface area contributed by atoms with Crippen LogP contribution in [0.2, 0.25) is 0 Å². The molecule has 1 fully saturated rings. The second-order valence-electron chi connectivity index (χ2n) is 4.65. The van der Waals surface area contributed by atoms with Crippen LogP contribution in [0.4, 0.5) is 0 Å². The standard InChI is InChI=1S/C12H25N3O3/c1-15(7-8-17-2)6-5-14-12(16)11-4-3-10(9-13)18-11/h10-11H,3-9,13H2,1-2H3,(H,14,16)/t10-,11+/m1/s1. The molecule has 3 N–H and O–H groups in total. The predicted octanol–water partition coefficient (Wildman–Crippen LogP) is -0.813. The third-order valence-corrected chi connectivity index (χ3v) is 3.13. The number of nitrogens with two attached hydrogens (primary N) is 1. The molecule has 0 radical (unpaired) electrons. The Bertz CT molecular complexity index is 251. The first-order valence-electron chi connectivity index (χ1n) is 6.48. The number of carbonyl (C=O) groups excluding carboxylic acids is 1. The van der Waals surface area contributed by atoms with E-state index in [-0.39, 0.29) is 18.1 Å². The van der Waals surface area contributed by atoms with E-state index in [0.717, 1.165) is 25.9 Å². The Labute approximate surface area is 109 Å². The van der Waals surface area contributed by atoms with Crippen LogP contribution in [0.5, 0.6) is 0 Å². The van der Waals surface area contributed by atoms with Gasteiger partial charge in [0.05, 0.1) is 12.7 Å². The van der Waals surface area contributed by atoms with Gasteiger partial charge in [0, 0.05) is 33.3 Å². The van der Waals surface area contributed by atoms with Gasteiger partial charge in [-0.3, -0.25) is 4.79 Å². The number of likely N-dealkylation sites (N-methyl/N-ethyl adjacent to an activating group) is 1. The molecule has 0 bridgehead atoms. The number of hydrogen-bond donors (Lipinski definition) is 2. The molecule has 0 spiro atoms. The summed E-state index contributed by atoms with van der Waals surface area (Å²) in [5.41, 5.74) is 5.51. The van der Waals surface area contributed by atoms with Gasteiger partial charge in [0.25, 0.3) is 0 Å². The van der Waals surface area contributed by atoms with Gasteiger partial charge in [-0.2, -0.15) is 0 Å². The van der Waals surface area contributed by atoms with E-state index in [1.54, 1.807) is 7.11 Å². The number of amides is 1. The van der Waals surface area contributed by atoms with Crippen LogP contribution < -0.4 is 11.1 Å². The minimum atomic E-state index is -0.317. The SMILES string of the molecule is COCCN(C)CCNC(=O)[C@@H]1CC[C@H](CN)O1. The average molecular weight is 259 g/mol. The predicted molar refractivity (Wildman–Crippen MR) is 69.3 cm³/mol. The number of nitrogens with one attached hydrogen (secondary N) is 1. The van der Waals surface area contributed by atoms with Crippen LogP contribution in [-0.2, 0) is 14.3 Å². The third-order valence-electron chi connectivity index (χ3n) is 3.13. The number of ether oxygens (including phenoxy) is 2. The zero-order valence-electron chi connectivity index (χ0n) is 11.4. The first-order valence-corrected chi connectivity index (χ1v) is 6.48. The average Bonchev–Trinajstić information content (AvgIpc) is 2.85. The van der Waals surface area contributed by atoms with Gasteiger partial charge in [0.1, 0.15) is 6.10 Å². The topological polar surface area (TPSA) is 76.8 Å². The maximum Gasteiger partial charge on any atom is 0.249 e. The van der Waals surface area contributed by atoms with E-state index >= 15 is 0 Å². The maximum atomic E-state index is 11.8. The zero-order chi connectivity index (χ0) is 13.4. The van der Waals surface area contributed by atoms with Gasteiger partial charge in [-0.05, 0) is 19.9 Å². The Kier molecular flexibility index (Phi) is 7.19. The number of hydrogen-bond acceptors (Lipinski definition) is 5. The molecule has 1 saturated heterocycles. The quantitative estimate of drug-likeness (QED) is 0.596. The van der Waals surface area contributed by atoms with E-state index in [1.807, 2.05) is 7.05 Å². The Morgan fingerprint density at radius 2 is 2.28 bits per heavy atom. The fourth-order valence-electron chi connectivity index (χ4n) is 1.91. The molecular formula is C12H25N3O3. The van der Waals surface area contributed by atoms with Crippen molar-refractivity contribution in [2.75, 3.05) is 46.9 Å². The van der Waals surface area contributed by atoms with E-state index in [2.05, 4.69) is 10.2 Å². The fourth-order valence-corrected chi connectivity index (χ4v) is 1.91. The number of nitrogens with zero attached hydrogens (tertiary/aromatic N) is 1. The van der Waals surface area contributed by atoms with Crippen molar-refractivity contribution in [3.05, 3.63) is 0 Å². The largest absolute Gasteiger partial charge is 0.383 e. The summed E-state index contributed by atoms with van der Waals surface area (Å²) in [6.45, 7) is 3.49. The summed E-state index contributed by atoms with van der Waals surface area (Å²) in [4.78, 5) is 13.9. The van der Waals surface area contributed by atoms with Crippen molar-refractivity contribution in [1.29, 1.82) is 0 Å². The number of methoxy groups -OCH3 is 1. The summed E-state index contributed by atoms with van der Waals surface area (Å²) in [5, 5.41) is 2.89. The molecule has 6 nitrogen and oxygen atoms in total. The van der Waals surface area contributed by atoms with E-state index in [4.69, 9.17) is 15.2 Å². The van der Waals surface area contributed by atoms with Crippen molar-refractivity contribution in [1.82, 2.24) is 10.2 Å². The van der Waals surface area contributed by atoms with Crippen molar-refractivity contribution >= 4 is 5.91 Å². The monoisotopic (exact) mass is 259 g/mol. The van der Waals surface area contributed by atoms with Crippen LogP contribution >= 0.6 is 0 Å². The molecule has 1 aliphatic heterocycles. The first kappa shape index (κ1) is 15.4. The molecule has 1 rings (SSSR count). The molecule has 18 heavy (non-hydrogen) atoms. The molecule has 2 atom stereocenters. The van der Waals surface area contributed by atoms with Crippen molar-refractivity contribution in [2.24, 2.45) is 5.73 Å². The summed E-state index contributed by atoms with van der Waals surface area (Å²) in [5.74, 6) is -0.0221. The van der Waals surface area contributed by atoms with Crippen LogP contribution in [0.15, 0.2) is 0 Å². The lowest BCUT2D eigenvalue weighted by atomic mass is 10.2. The van der Waals surface area contributed by atoms with Gasteiger partial charge in [0.15, 0.2) is 0 Å². The minimum absolute atomic E-state index is 0.0221. The normalized spacial score (nSPS) is 23.6. The Morgan fingerprint density at radius 3 is 2.89 bits per heavy atom. The van der Waals surface area contributed by atoms with E-state index in [9.17, 15) is 4.79 Å². The Morgan fingerprint density at radius 1 is 1.50 bits per heavy atom. The molecule has 106 valence electrons. The highest BCUT2D eigenvalue weighted by Crippen LogP contribution is 2.18. The highest BCUT2D eigenvalue weighted by atomic mass is 16.5. The second kappa shape index (κ2) is 8.42. The van der Waals surface area contributed by atoms with Crippen LogP contribution in [0.1, 0.15) is 12.8 Å². The molecular weight excluding hydrogens is 234 g/mol. The summed E-state index contributed by atoms with van der Waals surface area (Å²) in [6.07, 6.45) is 1.38. The van der Waals surface area contributed by atoms with Crippen LogP contribution in [-0.4, -0.2) is 70.0 Å². The lowest BCUT2D eigenvalue weighted by Gasteiger charge is -2.17. The van der Waals surface area contributed by atoms with Gasteiger partial charge in [-0.1, -0.05) is 0 Å². The van der Waals surface area contributed by atoms with Gasteiger partial charge < -0.3 is 25.4 Å². The lowest BCUT2D eigenvalue weighted by Crippen LogP contribution is -2.39. The third kappa shape index (κ3) is 5.30. The molecule has 6 heteroatoms. The van der Waals surface area contributed by atoms with Crippen LogP contribution in [0, 0.1) is 0 Å². The smallest absolute Gasteiger partial charge is 0.249 e. The molecule has 0 aromatic carbocycles. The molecule has 0 saturated carbocycles. The van der Waals surface area contributed by atoms with Gasteiger partial charge in [-0.15, -0.1) is 0 Å². The number of carbonyl (C=O) groups is 1. The van der Waals surface area contributed by atoms with Gasteiger partial charge in [0.2, 0.25) is 5.91 Å². The zero-order valence-corrected chi connectivity index (χ0v) is 11.4. The molecule has 0 aromatic rings. The number of rotatable bonds is 8. The van der Waals surface area contributed by atoms with Gasteiger partial charge in [-0.25, -0.2) is 0 Å². The van der Waals surface area contributed by atoms with E-state index in [1.165, 1.54) is 0 Å². The van der Waals surface area contributed by atoms with Gasteiger partial charge >= 0.3 is 0 Å². The van der Waals surface area contributed by atoms with Crippen molar-refractivity contribution in [3.63, 3.8) is 0 Å². The van der Waals surface area contributed by atoms with Crippen LogP contribution in [0.3, 0.4) is 0 Å². The first-order chi connectivity index (χ1) is 8.67. The fraction of sp³-hybridized carbons (Fsp3) is 0.917. The summed E-state index contributed by atoms with van der Waals surface area (Å²) >= 11 is 0. The molecule has 1 heterocycles. The summed E-state index contributed by atoms with van der Waals surface area (Å²) < 4.78 is 10.5. The van der Waals surface area contributed by atoms with Crippen molar-refractivity contribution in [2.45, 2.75) is 25.0 Å². The molecule has 0 unspecified atom stereocenters. The minimum Gasteiger partial charge on any atom is -0.383 e. The Hall–Kier alpha value is -0.690. The highest BCUT2D eigenvalue weighted by molar-refractivity contribution is 5.81. The second-order valence-corrected chi connectivity index (χ2v) is 4.65.